The number of alkyl carbamates (subject to hydrolysis) is 1. The Kier molecular flexibility index (Phi) is 7.49. The number of hydrogen-bond donors (Lipinski definition) is 3. The molecule has 45 heavy (non-hydrogen) atoms. The number of carbonyl (C=O) groups excluding carboxylic acids is 2. The normalized spacial score (nSPS) is 19.4. The Bertz CT molecular complexity index is 1720. The summed E-state index contributed by atoms with van der Waals surface area (Å²) in [5, 5.41) is 2.67. The molecule has 1 spiro atoms. The van der Waals surface area contributed by atoms with Crippen LogP contribution in [0, 0.1) is 12.3 Å². The van der Waals surface area contributed by atoms with Gasteiger partial charge in [-0.05, 0) is 60.8 Å². The fourth-order valence-electron chi connectivity index (χ4n) is 6.85. The van der Waals surface area contributed by atoms with Crippen molar-refractivity contribution in [3.05, 3.63) is 77.4 Å². The summed E-state index contributed by atoms with van der Waals surface area (Å²) < 4.78 is 15.9. The number of H-pyrrole nitrogens is 2. The number of imidazole rings is 1. The van der Waals surface area contributed by atoms with Gasteiger partial charge in [0, 0.05) is 30.5 Å². The Morgan fingerprint density at radius 3 is 2.27 bits per heavy atom. The highest BCUT2D eigenvalue weighted by molar-refractivity contribution is 5.87. The van der Waals surface area contributed by atoms with Gasteiger partial charge in [0.15, 0.2) is 0 Å². The lowest BCUT2D eigenvalue weighted by Crippen LogP contribution is -2.54. The SMILES string of the molecule is COC(=O)N[C@H](C(=O)N1CC2(CC2)C[C@H]1c1ncc(-c2ccc(-c3ccc(-c4[nH]c(C)c5c4COC5)cc3)cc2)[nH]1)[C@@H](C)OC. The van der Waals surface area contributed by atoms with Gasteiger partial charge in [0.05, 0.1) is 50.1 Å². The number of aromatic amines is 2. The third kappa shape index (κ3) is 5.42. The summed E-state index contributed by atoms with van der Waals surface area (Å²) in [6.45, 7) is 5.84. The third-order valence-corrected chi connectivity index (χ3v) is 9.85. The second kappa shape index (κ2) is 11.5. The number of aromatic nitrogens is 3. The number of methoxy groups -OCH3 is 2. The number of likely N-dealkylation sites (tertiary alicyclic amines) is 1. The number of nitrogens with one attached hydrogen (secondary N) is 3. The summed E-state index contributed by atoms with van der Waals surface area (Å²) in [7, 11) is 2.81. The van der Waals surface area contributed by atoms with Crippen LogP contribution in [0.1, 0.15) is 54.9 Å². The topological polar surface area (TPSA) is 122 Å². The number of carbonyl (C=O) groups is 2. The van der Waals surface area contributed by atoms with Crippen LogP contribution in [0.2, 0.25) is 0 Å². The van der Waals surface area contributed by atoms with E-state index in [2.05, 4.69) is 70.7 Å². The van der Waals surface area contributed by atoms with Crippen molar-refractivity contribution in [2.75, 3.05) is 20.8 Å². The molecule has 1 saturated heterocycles. The number of nitrogens with zero attached hydrogens (tertiary/aromatic N) is 2. The number of hydrogen-bond acceptors (Lipinski definition) is 6. The van der Waals surface area contributed by atoms with Crippen LogP contribution >= 0.6 is 0 Å². The maximum Gasteiger partial charge on any atom is 0.407 e. The van der Waals surface area contributed by atoms with Gasteiger partial charge in [-0.1, -0.05) is 48.5 Å². The molecule has 0 unspecified atom stereocenters. The van der Waals surface area contributed by atoms with E-state index in [4.69, 9.17) is 19.2 Å². The van der Waals surface area contributed by atoms with Crippen LogP contribution in [0.15, 0.2) is 54.7 Å². The smallest absolute Gasteiger partial charge is 0.407 e. The minimum absolute atomic E-state index is 0.115. The molecule has 0 radical (unpaired) electrons. The predicted octanol–water partition coefficient (Wildman–Crippen LogP) is 5.89. The highest BCUT2D eigenvalue weighted by Gasteiger charge is 2.55. The molecule has 7 rings (SSSR count). The molecule has 3 atom stereocenters. The molecule has 2 aromatic heterocycles. The molecule has 10 heteroatoms. The molecule has 2 amide bonds. The summed E-state index contributed by atoms with van der Waals surface area (Å²) in [6, 6.07) is 16.0. The summed E-state index contributed by atoms with van der Waals surface area (Å²) in [5.74, 6) is 0.557. The second-order valence-corrected chi connectivity index (χ2v) is 12.7. The third-order valence-electron chi connectivity index (χ3n) is 9.85. The molecule has 10 nitrogen and oxygen atoms in total. The number of benzene rings is 2. The molecular formula is C35H39N5O5. The van der Waals surface area contributed by atoms with Gasteiger partial charge in [-0.3, -0.25) is 4.79 Å². The van der Waals surface area contributed by atoms with Crippen LogP contribution in [-0.2, 0) is 32.2 Å². The van der Waals surface area contributed by atoms with Crippen molar-refractivity contribution in [1.82, 2.24) is 25.2 Å². The average Bonchev–Trinajstić information content (AvgIpc) is 3.50. The van der Waals surface area contributed by atoms with E-state index in [0.29, 0.717) is 19.8 Å². The number of fused-ring (bicyclic) bond motifs is 1. The van der Waals surface area contributed by atoms with Crippen LogP contribution in [0.25, 0.3) is 33.6 Å². The number of rotatable bonds is 8. The summed E-state index contributed by atoms with van der Waals surface area (Å²) in [5.41, 5.74) is 10.3. The Balaban J connectivity index is 1.08. The Labute approximate surface area is 262 Å². The molecule has 0 bridgehead atoms. The zero-order valence-electron chi connectivity index (χ0n) is 26.1. The largest absolute Gasteiger partial charge is 0.453 e. The first-order valence-electron chi connectivity index (χ1n) is 15.5. The number of aryl methyl sites for hydroxylation is 1. The molecule has 1 aliphatic carbocycles. The maximum atomic E-state index is 13.8. The van der Waals surface area contributed by atoms with Crippen molar-refractivity contribution in [2.45, 2.75) is 64.5 Å². The van der Waals surface area contributed by atoms with Crippen LogP contribution in [0.4, 0.5) is 4.79 Å². The zero-order valence-corrected chi connectivity index (χ0v) is 26.1. The predicted molar refractivity (Wildman–Crippen MR) is 169 cm³/mol. The molecule has 3 aliphatic rings. The Hall–Kier alpha value is -4.41. The fourth-order valence-corrected chi connectivity index (χ4v) is 6.85. The molecule has 4 heterocycles. The molecule has 234 valence electrons. The lowest BCUT2D eigenvalue weighted by Gasteiger charge is -2.30. The highest BCUT2D eigenvalue weighted by Crippen LogP contribution is 2.58. The quantitative estimate of drug-likeness (QED) is 0.229. The van der Waals surface area contributed by atoms with Crippen molar-refractivity contribution < 1.29 is 23.8 Å². The van der Waals surface area contributed by atoms with E-state index < -0.39 is 18.2 Å². The molecule has 3 N–H and O–H groups in total. The van der Waals surface area contributed by atoms with Gasteiger partial charge in [-0.25, -0.2) is 9.78 Å². The van der Waals surface area contributed by atoms with Gasteiger partial charge < -0.3 is 34.4 Å². The van der Waals surface area contributed by atoms with Crippen LogP contribution in [0.3, 0.4) is 0 Å². The van der Waals surface area contributed by atoms with E-state index in [1.165, 1.54) is 31.0 Å². The highest BCUT2D eigenvalue weighted by atomic mass is 16.5. The van der Waals surface area contributed by atoms with Gasteiger partial charge >= 0.3 is 6.09 Å². The van der Waals surface area contributed by atoms with Crippen molar-refractivity contribution in [1.29, 1.82) is 0 Å². The van der Waals surface area contributed by atoms with Crippen molar-refractivity contribution >= 4 is 12.0 Å². The van der Waals surface area contributed by atoms with Gasteiger partial charge in [0.2, 0.25) is 5.91 Å². The molecular weight excluding hydrogens is 570 g/mol. The first kappa shape index (κ1) is 29.3. The van der Waals surface area contributed by atoms with Gasteiger partial charge in [-0.2, -0.15) is 0 Å². The van der Waals surface area contributed by atoms with Gasteiger partial charge in [0.1, 0.15) is 11.9 Å². The average molecular weight is 610 g/mol. The maximum absolute atomic E-state index is 13.8. The van der Waals surface area contributed by atoms with Crippen LogP contribution < -0.4 is 5.32 Å². The Morgan fingerprint density at radius 2 is 1.62 bits per heavy atom. The van der Waals surface area contributed by atoms with Crippen molar-refractivity contribution in [3.8, 4) is 33.6 Å². The van der Waals surface area contributed by atoms with Gasteiger partial charge in [0.25, 0.3) is 0 Å². The summed E-state index contributed by atoms with van der Waals surface area (Å²) >= 11 is 0. The van der Waals surface area contributed by atoms with Crippen molar-refractivity contribution in [2.24, 2.45) is 5.41 Å². The molecule has 2 aliphatic heterocycles. The standard InChI is InChI=1S/C35H39N5O5/c1-20-26-17-45-18-27(26)31(37-20)25-11-7-23(8-12-25)22-5-9-24(10-6-22)28-16-36-32(38-28)29-15-35(13-14-35)19-40(29)33(41)30(21(2)43-3)39-34(42)44-4/h5-12,16,21,29-30,37H,13-15,17-19H2,1-4H3,(H,36,38)(H,39,42)/t21-,29+,30+/m1/s1. The van der Waals surface area contributed by atoms with Crippen LogP contribution in [-0.4, -0.2) is 64.8 Å². The molecule has 2 aromatic carbocycles. The lowest BCUT2D eigenvalue weighted by atomic mass is 10.00. The van der Waals surface area contributed by atoms with E-state index in [9.17, 15) is 9.59 Å². The summed E-state index contributed by atoms with van der Waals surface area (Å²) in [4.78, 5) is 39.5. The summed E-state index contributed by atoms with van der Waals surface area (Å²) in [6.07, 6.45) is 3.65. The first-order valence-corrected chi connectivity index (χ1v) is 15.5. The number of amides is 2. The van der Waals surface area contributed by atoms with E-state index in [-0.39, 0.29) is 17.4 Å². The zero-order chi connectivity index (χ0) is 31.3. The van der Waals surface area contributed by atoms with Gasteiger partial charge in [-0.15, -0.1) is 0 Å². The van der Waals surface area contributed by atoms with E-state index >= 15 is 0 Å². The first-order chi connectivity index (χ1) is 21.8. The minimum Gasteiger partial charge on any atom is -0.453 e. The van der Waals surface area contributed by atoms with E-state index in [1.54, 1.807) is 6.92 Å². The minimum atomic E-state index is -0.864. The van der Waals surface area contributed by atoms with Crippen molar-refractivity contribution in [3.63, 3.8) is 0 Å². The number of ether oxygens (including phenoxy) is 3. The van der Waals surface area contributed by atoms with Crippen LogP contribution in [0.5, 0.6) is 0 Å². The lowest BCUT2D eigenvalue weighted by molar-refractivity contribution is -0.137. The van der Waals surface area contributed by atoms with E-state index in [0.717, 1.165) is 58.7 Å². The second-order valence-electron chi connectivity index (χ2n) is 12.7. The monoisotopic (exact) mass is 609 g/mol. The Morgan fingerprint density at radius 1 is 0.978 bits per heavy atom. The molecule has 4 aromatic rings. The fraction of sp³-hybridized carbons (Fsp3) is 0.400. The molecule has 1 saturated carbocycles. The van der Waals surface area contributed by atoms with E-state index in [1.807, 2.05) is 11.1 Å². The molecule has 2 fully saturated rings.